The summed E-state index contributed by atoms with van der Waals surface area (Å²) < 4.78 is 31.6. The maximum absolute atomic E-state index is 13.4. The van der Waals surface area contributed by atoms with Crippen LogP contribution in [0.15, 0.2) is 42.5 Å². The molecule has 19 heavy (non-hydrogen) atoms. The lowest BCUT2D eigenvalue weighted by molar-refractivity contribution is 0.0691. The summed E-state index contributed by atoms with van der Waals surface area (Å²) >= 11 is 0. The third kappa shape index (κ3) is 3.07. The lowest BCUT2D eigenvalue weighted by Crippen LogP contribution is -2.04. The molecule has 0 aliphatic carbocycles. The van der Waals surface area contributed by atoms with Crippen molar-refractivity contribution in [3.05, 3.63) is 65.2 Å². The summed E-state index contributed by atoms with van der Waals surface area (Å²) in [6.45, 7) is -0.170. The SMILES string of the molecule is O=C(O)c1ccc(F)cc1OCc1ccccc1F. The maximum atomic E-state index is 13.4. The van der Waals surface area contributed by atoms with E-state index < -0.39 is 17.6 Å². The van der Waals surface area contributed by atoms with Crippen LogP contribution in [0, 0.1) is 11.6 Å². The lowest BCUT2D eigenvalue weighted by atomic mass is 10.2. The van der Waals surface area contributed by atoms with E-state index in [0.717, 1.165) is 18.2 Å². The van der Waals surface area contributed by atoms with Gasteiger partial charge >= 0.3 is 5.97 Å². The van der Waals surface area contributed by atoms with E-state index in [0.29, 0.717) is 0 Å². The Morgan fingerprint density at radius 3 is 2.58 bits per heavy atom. The van der Waals surface area contributed by atoms with Crippen LogP contribution in [0.4, 0.5) is 8.78 Å². The first kappa shape index (κ1) is 13.0. The molecule has 0 fully saturated rings. The number of hydrogen-bond acceptors (Lipinski definition) is 2. The summed E-state index contributed by atoms with van der Waals surface area (Å²) in [7, 11) is 0. The van der Waals surface area contributed by atoms with E-state index in [-0.39, 0.29) is 23.5 Å². The van der Waals surface area contributed by atoms with Gasteiger partial charge in [-0.05, 0) is 18.2 Å². The van der Waals surface area contributed by atoms with Gasteiger partial charge in [-0.1, -0.05) is 18.2 Å². The first-order valence-electron chi connectivity index (χ1n) is 5.47. The Bertz CT molecular complexity index is 611. The molecule has 0 bridgehead atoms. The zero-order valence-electron chi connectivity index (χ0n) is 9.77. The average molecular weight is 264 g/mol. The van der Waals surface area contributed by atoms with Crippen molar-refractivity contribution in [2.24, 2.45) is 0 Å². The van der Waals surface area contributed by atoms with Crippen LogP contribution in [0.1, 0.15) is 15.9 Å². The van der Waals surface area contributed by atoms with Gasteiger partial charge in [0, 0.05) is 11.6 Å². The van der Waals surface area contributed by atoms with Gasteiger partial charge < -0.3 is 9.84 Å². The van der Waals surface area contributed by atoms with Crippen LogP contribution in [0.5, 0.6) is 5.75 Å². The van der Waals surface area contributed by atoms with E-state index in [2.05, 4.69) is 0 Å². The molecule has 0 radical (unpaired) electrons. The maximum Gasteiger partial charge on any atom is 0.339 e. The van der Waals surface area contributed by atoms with Crippen molar-refractivity contribution in [1.29, 1.82) is 0 Å². The van der Waals surface area contributed by atoms with Crippen molar-refractivity contribution in [3.63, 3.8) is 0 Å². The first-order valence-corrected chi connectivity index (χ1v) is 5.47. The van der Waals surface area contributed by atoms with Crippen molar-refractivity contribution in [3.8, 4) is 5.75 Å². The van der Waals surface area contributed by atoms with Crippen molar-refractivity contribution in [2.45, 2.75) is 6.61 Å². The fourth-order valence-corrected chi connectivity index (χ4v) is 1.56. The topological polar surface area (TPSA) is 46.5 Å². The number of benzene rings is 2. The smallest absolute Gasteiger partial charge is 0.339 e. The standard InChI is InChI=1S/C14H10F2O3/c15-10-5-6-11(14(17)18)13(7-10)19-8-9-3-1-2-4-12(9)16/h1-7H,8H2,(H,17,18). The Morgan fingerprint density at radius 2 is 1.89 bits per heavy atom. The molecule has 0 atom stereocenters. The fourth-order valence-electron chi connectivity index (χ4n) is 1.56. The Labute approximate surface area is 108 Å². The van der Waals surface area contributed by atoms with Crippen LogP contribution in [0.2, 0.25) is 0 Å². The molecule has 0 saturated carbocycles. The van der Waals surface area contributed by atoms with Crippen LogP contribution in [0.25, 0.3) is 0 Å². The second-order valence-corrected chi connectivity index (χ2v) is 3.83. The molecule has 0 amide bonds. The Hall–Kier alpha value is -2.43. The molecular weight excluding hydrogens is 254 g/mol. The molecule has 98 valence electrons. The van der Waals surface area contributed by atoms with Crippen LogP contribution in [-0.4, -0.2) is 11.1 Å². The van der Waals surface area contributed by atoms with Gasteiger partial charge in [0.1, 0.15) is 29.6 Å². The molecule has 0 unspecified atom stereocenters. The number of ether oxygens (including phenoxy) is 1. The van der Waals surface area contributed by atoms with Gasteiger partial charge in [-0.25, -0.2) is 13.6 Å². The Kier molecular flexibility index (Phi) is 3.75. The molecular formula is C14H10F2O3. The van der Waals surface area contributed by atoms with Gasteiger partial charge in [-0.2, -0.15) is 0 Å². The largest absolute Gasteiger partial charge is 0.488 e. The minimum atomic E-state index is -1.23. The van der Waals surface area contributed by atoms with Gasteiger partial charge in [0.25, 0.3) is 0 Å². The van der Waals surface area contributed by atoms with Crippen molar-refractivity contribution >= 4 is 5.97 Å². The summed E-state index contributed by atoms with van der Waals surface area (Å²) in [5.41, 5.74) is 0.0980. The summed E-state index contributed by atoms with van der Waals surface area (Å²) in [6, 6.07) is 9.03. The second-order valence-electron chi connectivity index (χ2n) is 3.83. The molecule has 0 spiro atoms. The summed E-state index contributed by atoms with van der Waals surface area (Å²) in [4.78, 5) is 10.9. The fraction of sp³-hybridized carbons (Fsp3) is 0.0714. The third-order valence-corrected chi connectivity index (χ3v) is 2.52. The first-order chi connectivity index (χ1) is 9.08. The number of rotatable bonds is 4. The predicted octanol–water partition coefficient (Wildman–Crippen LogP) is 3.24. The minimum absolute atomic E-state index is 0.129. The predicted molar refractivity (Wildman–Crippen MR) is 64.1 cm³/mol. The molecule has 2 aromatic rings. The van der Waals surface area contributed by atoms with E-state index in [9.17, 15) is 13.6 Å². The van der Waals surface area contributed by atoms with Crippen LogP contribution in [-0.2, 0) is 6.61 Å². The molecule has 0 aliphatic rings. The third-order valence-electron chi connectivity index (χ3n) is 2.52. The van der Waals surface area contributed by atoms with Crippen LogP contribution < -0.4 is 4.74 Å². The number of carbonyl (C=O) groups is 1. The Morgan fingerprint density at radius 1 is 1.16 bits per heavy atom. The molecule has 2 aromatic carbocycles. The molecule has 0 aromatic heterocycles. The number of carboxylic acid groups (broad SMARTS) is 1. The molecule has 3 nitrogen and oxygen atoms in total. The molecule has 0 saturated heterocycles. The summed E-state index contributed by atoms with van der Waals surface area (Å²) in [6.07, 6.45) is 0. The van der Waals surface area contributed by atoms with Gasteiger partial charge in [-0.15, -0.1) is 0 Å². The van der Waals surface area contributed by atoms with E-state index in [1.807, 2.05) is 0 Å². The van der Waals surface area contributed by atoms with E-state index >= 15 is 0 Å². The highest BCUT2D eigenvalue weighted by Crippen LogP contribution is 2.21. The van der Waals surface area contributed by atoms with Gasteiger partial charge in [-0.3, -0.25) is 0 Å². The molecule has 0 aliphatic heterocycles. The molecule has 2 rings (SSSR count). The summed E-state index contributed by atoms with van der Waals surface area (Å²) in [5, 5.41) is 8.93. The molecule has 1 N–H and O–H groups in total. The number of aromatic carboxylic acids is 1. The monoisotopic (exact) mass is 264 g/mol. The molecule has 5 heteroatoms. The van der Waals surface area contributed by atoms with E-state index in [4.69, 9.17) is 9.84 Å². The molecule has 0 heterocycles. The average Bonchev–Trinajstić information content (AvgIpc) is 2.37. The van der Waals surface area contributed by atoms with Gasteiger partial charge in [0.15, 0.2) is 0 Å². The van der Waals surface area contributed by atoms with Gasteiger partial charge in [0.2, 0.25) is 0 Å². The number of carboxylic acids is 1. The van der Waals surface area contributed by atoms with Crippen LogP contribution in [0.3, 0.4) is 0 Å². The van der Waals surface area contributed by atoms with Crippen LogP contribution >= 0.6 is 0 Å². The second kappa shape index (κ2) is 5.48. The quantitative estimate of drug-likeness (QED) is 0.922. The highest BCUT2D eigenvalue weighted by atomic mass is 19.1. The van der Waals surface area contributed by atoms with Crippen molar-refractivity contribution in [2.75, 3.05) is 0 Å². The number of hydrogen-bond donors (Lipinski definition) is 1. The highest BCUT2D eigenvalue weighted by Gasteiger charge is 2.13. The highest BCUT2D eigenvalue weighted by molar-refractivity contribution is 5.90. The van der Waals surface area contributed by atoms with E-state index in [1.165, 1.54) is 18.2 Å². The lowest BCUT2D eigenvalue weighted by Gasteiger charge is -2.09. The van der Waals surface area contributed by atoms with Crippen molar-refractivity contribution < 1.29 is 23.4 Å². The minimum Gasteiger partial charge on any atom is -0.488 e. The number of halogens is 2. The normalized spacial score (nSPS) is 10.2. The zero-order chi connectivity index (χ0) is 13.8. The van der Waals surface area contributed by atoms with Crippen molar-refractivity contribution in [1.82, 2.24) is 0 Å². The van der Waals surface area contributed by atoms with E-state index in [1.54, 1.807) is 6.07 Å². The Balaban J connectivity index is 2.22. The van der Waals surface area contributed by atoms with Gasteiger partial charge in [0.05, 0.1) is 0 Å². The zero-order valence-corrected chi connectivity index (χ0v) is 9.77. The summed E-state index contributed by atoms with van der Waals surface area (Å²) in [5.74, 6) is -2.44.